The van der Waals surface area contributed by atoms with E-state index in [0.29, 0.717) is 6.42 Å². The van der Waals surface area contributed by atoms with Crippen LogP contribution in [0.2, 0.25) is 0 Å². The molecule has 1 unspecified atom stereocenters. The van der Waals surface area contributed by atoms with E-state index in [0.717, 1.165) is 5.01 Å². The molecule has 0 radical (unpaired) electrons. The maximum absolute atomic E-state index is 9.06. The Labute approximate surface area is 69.9 Å². The van der Waals surface area contributed by atoms with Crippen LogP contribution in [-0.2, 0) is 0 Å². The van der Waals surface area contributed by atoms with Crippen molar-refractivity contribution >= 4 is 11.3 Å². The summed E-state index contributed by atoms with van der Waals surface area (Å²) in [5.74, 6) is 5.47. The molecule has 1 aromatic heterocycles. The lowest BCUT2D eigenvalue weighted by atomic mass is 10.3. The number of aliphatic hydroxyl groups is 1. The lowest BCUT2D eigenvalue weighted by Crippen LogP contribution is -1.98. The number of hydrogen-bond donors (Lipinski definition) is 1. The molecule has 0 amide bonds. The van der Waals surface area contributed by atoms with E-state index in [2.05, 4.69) is 16.8 Å². The summed E-state index contributed by atoms with van der Waals surface area (Å²) in [5.41, 5.74) is 0. The Hall–Kier alpha value is -0.850. The van der Waals surface area contributed by atoms with Gasteiger partial charge in [0.05, 0.1) is 0 Å². The number of thiazole rings is 1. The third kappa shape index (κ3) is 2.71. The van der Waals surface area contributed by atoms with Crippen molar-refractivity contribution in [2.24, 2.45) is 0 Å². The first-order chi connectivity index (χ1) is 5.33. The van der Waals surface area contributed by atoms with Gasteiger partial charge in [0.15, 0.2) is 5.01 Å². The van der Waals surface area contributed by atoms with Crippen LogP contribution < -0.4 is 0 Å². The third-order valence-corrected chi connectivity index (χ3v) is 1.85. The molecule has 0 saturated carbocycles. The highest BCUT2D eigenvalue weighted by Crippen LogP contribution is 2.00. The highest BCUT2D eigenvalue weighted by atomic mass is 32.1. The molecule has 11 heavy (non-hydrogen) atoms. The van der Waals surface area contributed by atoms with Crippen molar-refractivity contribution in [3.8, 4) is 11.8 Å². The Kier molecular flexibility index (Phi) is 3.09. The van der Waals surface area contributed by atoms with E-state index < -0.39 is 6.10 Å². The van der Waals surface area contributed by atoms with Crippen molar-refractivity contribution in [2.45, 2.75) is 19.4 Å². The maximum Gasteiger partial charge on any atom is 0.166 e. The Bertz CT molecular complexity index is 257. The van der Waals surface area contributed by atoms with E-state index in [9.17, 15) is 0 Å². The molecular formula is C8H9NOS. The van der Waals surface area contributed by atoms with Gasteiger partial charge in [0.25, 0.3) is 0 Å². The largest absolute Gasteiger partial charge is 0.380 e. The predicted octanol–water partition coefficient (Wildman–Crippen LogP) is 1.27. The van der Waals surface area contributed by atoms with Gasteiger partial charge in [0.1, 0.15) is 6.10 Å². The second kappa shape index (κ2) is 4.12. The van der Waals surface area contributed by atoms with Crippen LogP contribution in [0.4, 0.5) is 0 Å². The van der Waals surface area contributed by atoms with Gasteiger partial charge in [-0.3, -0.25) is 0 Å². The second-order valence-electron chi connectivity index (χ2n) is 2.03. The molecule has 2 nitrogen and oxygen atoms in total. The molecule has 1 atom stereocenters. The van der Waals surface area contributed by atoms with E-state index >= 15 is 0 Å². The number of aliphatic hydroxyl groups excluding tert-OH is 1. The first-order valence-corrected chi connectivity index (χ1v) is 4.30. The van der Waals surface area contributed by atoms with Crippen LogP contribution in [0.5, 0.6) is 0 Å². The van der Waals surface area contributed by atoms with Crippen molar-refractivity contribution < 1.29 is 5.11 Å². The summed E-state index contributed by atoms with van der Waals surface area (Å²) in [6.07, 6.45) is 1.85. The van der Waals surface area contributed by atoms with Gasteiger partial charge >= 0.3 is 0 Å². The highest BCUT2D eigenvalue weighted by molar-refractivity contribution is 7.10. The number of aromatic nitrogens is 1. The van der Waals surface area contributed by atoms with E-state index in [1.807, 2.05) is 12.3 Å². The molecule has 1 aromatic rings. The van der Waals surface area contributed by atoms with Crippen molar-refractivity contribution in [1.82, 2.24) is 4.98 Å². The molecule has 0 saturated heterocycles. The minimum absolute atomic E-state index is 0.515. The average Bonchev–Trinajstić information content (AvgIpc) is 2.52. The molecule has 0 fully saturated rings. The topological polar surface area (TPSA) is 33.1 Å². The maximum atomic E-state index is 9.06. The summed E-state index contributed by atoms with van der Waals surface area (Å²) < 4.78 is 0. The molecule has 58 valence electrons. The van der Waals surface area contributed by atoms with Crippen LogP contribution in [0.25, 0.3) is 0 Å². The minimum Gasteiger partial charge on any atom is -0.380 e. The average molecular weight is 167 g/mol. The standard InChI is InChI=1S/C8H9NOS/c1-2-7(10)3-4-8-9-5-6-11-8/h5-7,10H,2H2,1H3. The van der Waals surface area contributed by atoms with Gasteiger partial charge in [-0.15, -0.1) is 11.3 Å². The zero-order valence-electron chi connectivity index (χ0n) is 6.24. The van der Waals surface area contributed by atoms with Crippen LogP contribution in [0.15, 0.2) is 11.6 Å². The number of hydrogen-bond acceptors (Lipinski definition) is 3. The van der Waals surface area contributed by atoms with E-state index in [1.54, 1.807) is 6.20 Å². The van der Waals surface area contributed by atoms with E-state index in [-0.39, 0.29) is 0 Å². The summed E-state index contributed by atoms with van der Waals surface area (Å²) >= 11 is 1.48. The van der Waals surface area contributed by atoms with Crippen molar-refractivity contribution in [3.63, 3.8) is 0 Å². The second-order valence-corrected chi connectivity index (χ2v) is 2.93. The Morgan fingerprint density at radius 3 is 3.18 bits per heavy atom. The Balaban J connectivity index is 2.58. The quantitative estimate of drug-likeness (QED) is 0.639. The fraction of sp³-hybridized carbons (Fsp3) is 0.375. The molecule has 3 heteroatoms. The number of nitrogens with zero attached hydrogens (tertiary/aromatic N) is 1. The van der Waals surface area contributed by atoms with Crippen LogP contribution >= 0.6 is 11.3 Å². The zero-order chi connectivity index (χ0) is 8.10. The van der Waals surface area contributed by atoms with E-state index in [1.165, 1.54) is 11.3 Å². The summed E-state index contributed by atoms with van der Waals surface area (Å²) in [6, 6.07) is 0. The first kappa shape index (κ1) is 8.25. The lowest BCUT2D eigenvalue weighted by molar-refractivity contribution is 0.228. The summed E-state index contributed by atoms with van der Waals surface area (Å²) in [6.45, 7) is 1.89. The fourth-order valence-corrected chi connectivity index (χ4v) is 1.02. The van der Waals surface area contributed by atoms with Crippen LogP contribution in [0, 0.1) is 11.8 Å². The molecule has 1 heterocycles. The van der Waals surface area contributed by atoms with Crippen molar-refractivity contribution in [1.29, 1.82) is 0 Å². The molecule has 0 aromatic carbocycles. The number of rotatable bonds is 1. The van der Waals surface area contributed by atoms with Crippen molar-refractivity contribution in [2.75, 3.05) is 0 Å². The highest BCUT2D eigenvalue weighted by Gasteiger charge is 1.92. The van der Waals surface area contributed by atoms with Crippen LogP contribution in [0.3, 0.4) is 0 Å². The summed E-state index contributed by atoms with van der Waals surface area (Å²) in [5, 5.41) is 11.7. The summed E-state index contributed by atoms with van der Waals surface area (Å²) in [7, 11) is 0. The van der Waals surface area contributed by atoms with Gasteiger partial charge in [-0.1, -0.05) is 12.8 Å². The molecule has 0 aliphatic rings. The van der Waals surface area contributed by atoms with Crippen molar-refractivity contribution in [3.05, 3.63) is 16.6 Å². The molecule has 0 aliphatic heterocycles. The summed E-state index contributed by atoms with van der Waals surface area (Å²) in [4.78, 5) is 3.96. The van der Waals surface area contributed by atoms with Gasteiger partial charge in [-0.2, -0.15) is 0 Å². The molecule has 0 bridgehead atoms. The molecule has 0 spiro atoms. The monoisotopic (exact) mass is 167 g/mol. The molecule has 1 rings (SSSR count). The SMILES string of the molecule is CCC(O)C#Cc1nccs1. The molecule has 0 aliphatic carbocycles. The van der Waals surface area contributed by atoms with E-state index in [4.69, 9.17) is 5.11 Å². The van der Waals surface area contributed by atoms with Gasteiger partial charge in [0.2, 0.25) is 0 Å². The van der Waals surface area contributed by atoms with Crippen LogP contribution in [-0.4, -0.2) is 16.2 Å². The lowest BCUT2D eigenvalue weighted by Gasteiger charge is -1.92. The predicted molar refractivity (Wildman–Crippen MR) is 45.3 cm³/mol. The first-order valence-electron chi connectivity index (χ1n) is 3.42. The Morgan fingerprint density at radius 1 is 1.82 bits per heavy atom. The zero-order valence-corrected chi connectivity index (χ0v) is 7.06. The van der Waals surface area contributed by atoms with Crippen LogP contribution in [0.1, 0.15) is 18.4 Å². The fourth-order valence-electron chi connectivity index (χ4n) is 0.532. The van der Waals surface area contributed by atoms with Gasteiger partial charge < -0.3 is 5.11 Å². The minimum atomic E-state index is -0.515. The van der Waals surface area contributed by atoms with Gasteiger partial charge in [-0.05, 0) is 12.3 Å². The third-order valence-electron chi connectivity index (χ3n) is 1.16. The molecular weight excluding hydrogens is 158 g/mol. The van der Waals surface area contributed by atoms with Gasteiger partial charge in [0, 0.05) is 11.6 Å². The Morgan fingerprint density at radius 2 is 2.64 bits per heavy atom. The molecule has 1 N–H and O–H groups in total. The van der Waals surface area contributed by atoms with Gasteiger partial charge in [-0.25, -0.2) is 4.98 Å². The smallest absolute Gasteiger partial charge is 0.166 e. The normalized spacial score (nSPS) is 11.8.